The lowest BCUT2D eigenvalue weighted by Crippen LogP contribution is -2.57. The first-order valence-corrected chi connectivity index (χ1v) is 8.64. The monoisotopic (exact) mass is 311 g/mol. The summed E-state index contributed by atoms with van der Waals surface area (Å²) in [7, 11) is 0. The average Bonchev–Trinajstić information content (AvgIpc) is 2.47. The van der Waals surface area contributed by atoms with Crippen LogP contribution in [0.25, 0.3) is 0 Å². The van der Waals surface area contributed by atoms with Crippen molar-refractivity contribution in [1.82, 2.24) is 15.5 Å². The van der Waals surface area contributed by atoms with Crippen molar-refractivity contribution in [2.24, 2.45) is 5.92 Å². The van der Waals surface area contributed by atoms with Gasteiger partial charge in [-0.2, -0.15) is 0 Å². The molecule has 0 bridgehead atoms. The zero-order valence-electron chi connectivity index (χ0n) is 14.9. The standard InChI is InChI=1S/C17H33N3O2/c1-6-17(5,7-2)19-15(21)12-14-16(22)18-9-11-20(14)10-8-13(3)4/h13-14H,6-12H2,1-5H3,(H,18,22)(H,19,21)/t14-/m1/s1. The van der Waals surface area contributed by atoms with E-state index in [1.54, 1.807) is 0 Å². The van der Waals surface area contributed by atoms with E-state index in [0.717, 1.165) is 32.4 Å². The molecule has 0 aromatic carbocycles. The third-order valence-electron chi connectivity index (χ3n) is 4.82. The van der Waals surface area contributed by atoms with E-state index in [4.69, 9.17) is 0 Å². The molecule has 0 saturated carbocycles. The fourth-order valence-corrected chi connectivity index (χ4v) is 2.67. The normalized spacial score (nSPS) is 20.1. The van der Waals surface area contributed by atoms with Crippen molar-refractivity contribution in [3.05, 3.63) is 0 Å². The molecular weight excluding hydrogens is 278 g/mol. The van der Waals surface area contributed by atoms with E-state index >= 15 is 0 Å². The Labute approximate surface area is 135 Å². The minimum Gasteiger partial charge on any atom is -0.353 e. The lowest BCUT2D eigenvalue weighted by molar-refractivity contribution is -0.134. The summed E-state index contributed by atoms with van der Waals surface area (Å²) in [5.41, 5.74) is -0.176. The Morgan fingerprint density at radius 3 is 2.59 bits per heavy atom. The van der Waals surface area contributed by atoms with Gasteiger partial charge in [-0.05, 0) is 38.6 Å². The highest BCUT2D eigenvalue weighted by Gasteiger charge is 2.32. The van der Waals surface area contributed by atoms with Gasteiger partial charge < -0.3 is 10.6 Å². The van der Waals surface area contributed by atoms with Crippen molar-refractivity contribution >= 4 is 11.8 Å². The predicted molar refractivity (Wildman–Crippen MR) is 89.6 cm³/mol. The zero-order chi connectivity index (χ0) is 16.8. The minimum absolute atomic E-state index is 0.0140. The Hall–Kier alpha value is -1.10. The van der Waals surface area contributed by atoms with E-state index < -0.39 is 0 Å². The number of carbonyl (C=O) groups is 2. The molecule has 0 aromatic heterocycles. The third-order valence-corrected chi connectivity index (χ3v) is 4.82. The molecule has 2 amide bonds. The highest BCUT2D eigenvalue weighted by atomic mass is 16.2. The highest BCUT2D eigenvalue weighted by molar-refractivity contribution is 5.89. The van der Waals surface area contributed by atoms with E-state index in [1.165, 1.54) is 0 Å². The van der Waals surface area contributed by atoms with Gasteiger partial charge in [-0.1, -0.05) is 27.7 Å². The maximum atomic E-state index is 12.4. The van der Waals surface area contributed by atoms with E-state index in [-0.39, 0.29) is 29.8 Å². The Balaban J connectivity index is 2.64. The van der Waals surface area contributed by atoms with Gasteiger partial charge in [-0.25, -0.2) is 0 Å². The van der Waals surface area contributed by atoms with Crippen LogP contribution in [0.15, 0.2) is 0 Å². The van der Waals surface area contributed by atoms with Crippen LogP contribution >= 0.6 is 0 Å². The second-order valence-corrected chi connectivity index (χ2v) is 7.05. The molecule has 1 saturated heterocycles. The maximum absolute atomic E-state index is 12.4. The Kier molecular flexibility index (Phi) is 7.33. The molecule has 2 N–H and O–H groups in total. The number of rotatable bonds is 8. The van der Waals surface area contributed by atoms with Crippen molar-refractivity contribution in [2.75, 3.05) is 19.6 Å². The van der Waals surface area contributed by atoms with Crippen LogP contribution in [0.4, 0.5) is 0 Å². The molecule has 1 heterocycles. The molecule has 22 heavy (non-hydrogen) atoms. The Bertz CT molecular complexity index is 378. The van der Waals surface area contributed by atoms with Gasteiger partial charge in [0.15, 0.2) is 0 Å². The summed E-state index contributed by atoms with van der Waals surface area (Å²) < 4.78 is 0. The van der Waals surface area contributed by atoms with Gasteiger partial charge in [0.1, 0.15) is 0 Å². The average molecular weight is 311 g/mol. The summed E-state index contributed by atoms with van der Waals surface area (Å²) in [4.78, 5) is 26.7. The summed E-state index contributed by atoms with van der Waals surface area (Å²) in [5, 5.41) is 5.99. The SMILES string of the molecule is CCC(C)(CC)NC(=O)C[C@@H]1C(=O)NCCN1CCC(C)C. The van der Waals surface area contributed by atoms with Crippen LogP contribution in [0, 0.1) is 5.92 Å². The van der Waals surface area contributed by atoms with Crippen LogP contribution in [-0.4, -0.2) is 47.9 Å². The quantitative estimate of drug-likeness (QED) is 0.720. The van der Waals surface area contributed by atoms with Crippen LogP contribution in [0.5, 0.6) is 0 Å². The molecule has 1 rings (SSSR count). The van der Waals surface area contributed by atoms with Crippen LogP contribution in [0.3, 0.4) is 0 Å². The van der Waals surface area contributed by atoms with Gasteiger partial charge in [0, 0.05) is 18.6 Å². The number of hydrogen-bond donors (Lipinski definition) is 2. The molecule has 0 spiro atoms. The summed E-state index contributed by atoms with van der Waals surface area (Å²) in [5.74, 6) is 0.561. The number of nitrogens with one attached hydrogen (secondary N) is 2. The summed E-state index contributed by atoms with van der Waals surface area (Å²) in [6, 6.07) is -0.328. The molecule has 0 unspecified atom stereocenters. The second-order valence-electron chi connectivity index (χ2n) is 7.05. The molecule has 128 valence electrons. The topological polar surface area (TPSA) is 61.4 Å². The van der Waals surface area contributed by atoms with Gasteiger partial charge in [0.05, 0.1) is 12.5 Å². The van der Waals surface area contributed by atoms with E-state index in [9.17, 15) is 9.59 Å². The van der Waals surface area contributed by atoms with Crippen molar-refractivity contribution in [2.45, 2.75) is 71.9 Å². The van der Waals surface area contributed by atoms with Crippen LogP contribution in [0.2, 0.25) is 0 Å². The molecule has 0 aromatic rings. The van der Waals surface area contributed by atoms with Gasteiger partial charge in [-0.3, -0.25) is 14.5 Å². The van der Waals surface area contributed by atoms with Crippen LogP contribution in [-0.2, 0) is 9.59 Å². The zero-order valence-corrected chi connectivity index (χ0v) is 14.9. The van der Waals surface area contributed by atoms with E-state index in [1.807, 2.05) is 0 Å². The number of nitrogens with zero attached hydrogens (tertiary/aromatic N) is 1. The molecule has 0 aliphatic carbocycles. The summed E-state index contributed by atoms with van der Waals surface area (Å²) in [6.07, 6.45) is 3.08. The first-order valence-electron chi connectivity index (χ1n) is 8.64. The van der Waals surface area contributed by atoms with Crippen molar-refractivity contribution in [3.63, 3.8) is 0 Å². The van der Waals surface area contributed by atoms with Crippen molar-refractivity contribution in [1.29, 1.82) is 0 Å². The predicted octanol–water partition coefficient (Wildman–Crippen LogP) is 1.92. The second kappa shape index (κ2) is 8.51. The van der Waals surface area contributed by atoms with E-state index in [0.29, 0.717) is 12.5 Å². The molecule has 5 heteroatoms. The van der Waals surface area contributed by atoms with Gasteiger partial charge in [-0.15, -0.1) is 0 Å². The molecule has 5 nitrogen and oxygen atoms in total. The summed E-state index contributed by atoms with van der Waals surface area (Å²) >= 11 is 0. The minimum atomic E-state index is -0.328. The maximum Gasteiger partial charge on any atom is 0.237 e. The lowest BCUT2D eigenvalue weighted by Gasteiger charge is -2.36. The number of hydrogen-bond acceptors (Lipinski definition) is 3. The number of piperazine rings is 1. The number of amides is 2. The third kappa shape index (κ3) is 5.59. The Morgan fingerprint density at radius 2 is 2.05 bits per heavy atom. The van der Waals surface area contributed by atoms with Gasteiger partial charge in [0.25, 0.3) is 0 Å². The Morgan fingerprint density at radius 1 is 1.41 bits per heavy atom. The van der Waals surface area contributed by atoms with Crippen LogP contribution < -0.4 is 10.6 Å². The molecule has 0 radical (unpaired) electrons. The first-order chi connectivity index (χ1) is 10.3. The van der Waals surface area contributed by atoms with E-state index in [2.05, 4.69) is 50.2 Å². The highest BCUT2D eigenvalue weighted by Crippen LogP contribution is 2.16. The fourth-order valence-electron chi connectivity index (χ4n) is 2.67. The molecule has 1 fully saturated rings. The van der Waals surface area contributed by atoms with Gasteiger partial charge in [0.2, 0.25) is 11.8 Å². The largest absolute Gasteiger partial charge is 0.353 e. The molecular formula is C17H33N3O2. The van der Waals surface area contributed by atoms with Gasteiger partial charge >= 0.3 is 0 Å². The van der Waals surface area contributed by atoms with Crippen LogP contribution in [0.1, 0.15) is 60.3 Å². The van der Waals surface area contributed by atoms with Crippen molar-refractivity contribution in [3.8, 4) is 0 Å². The van der Waals surface area contributed by atoms with Crippen molar-refractivity contribution < 1.29 is 9.59 Å². The molecule has 1 atom stereocenters. The molecule has 1 aliphatic heterocycles. The number of carbonyl (C=O) groups excluding carboxylic acids is 2. The molecule has 1 aliphatic rings. The lowest BCUT2D eigenvalue weighted by atomic mass is 9.95. The first kappa shape index (κ1) is 18.9. The summed E-state index contributed by atoms with van der Waals surface area (Å²) in [6.45, 7) is 13.0. The fraction of sp³-hybridized carbons (Fsp3) is 0.882. The smallest absolute Gasteiger partial charge is 0.237 e.